The highest BCUT2D eigenvalue weighted by molar-refractivity contribution is 5.96. The number of nitrogens with zero attached hydrogens (tertiary/aromatic N) is 1. The molecule has 2 amide bonds. The van der Waals surface area contributed by atoms with Crippen LogP contribution in [0.2, 0.25) is 0 Å². The van der Waals surface area contributed by atoms with Crippen molar-refractivity contribution in [3.8, 4) is 11.5 Å². The van der Waals surface area contributed by atoms with Crippen LogP contribution >= 0.6 is 0 Å². The van der Waals surface area contributed by atoms with E-state index in [0.29, 0.717) is 29.0 Å². The molecule has 142 valence electrons. The largest absolute Gasteiger partial charge is 0.504 e. The minimum atomic E-state index is -0.409. The third-order valence-corrected chi connectivity index (χ3v) is 3.64. The molecule has 0 aliphatic heterocycles. The summed E-state index contributed by atoms with van der Waals surface area (Å²) in [6.07, 6.45) is 1.77. The lowest BCUT2D eigenvalue weighted by molar-refractivity contribution is -0.116. The second kappa shape index (κ2) is 9.38. The summed E-state index contributed by atoms with van der Waals surface area (Å²) >= 11 is 0. The smallest absolute Gasteiger partial charge is 0.271 e. The maximum atomic E-state index is 12.1. The van der Waals surface area contributed by atoms with E-state index < -0.39 is 5.91 Å². The molecule has 2 rings (SSSR count). The highest BCUT2D eigenvalue weighted by Crippen LogP contribution is 2.27. The minimum absolute atomic E-state index is 0.0560. The molecule has 0 atom stereocenters. The summed E-state index contributed by atoms with van der Waals surface area (Å²) < 4.78 is 5.01. The molecule has 0 fully saturated rings. The van der Waals surface area contributed by atoms with Crippen LogP contribution in [0.15, 0.2) is 47.6 Å². The number of para-hydroxylation sites is 1. The summed E-state index contributed by atoms with van der Waals surface area (Å²) in [4.78, 5) is 23.9. The standard InChI is InChI=1S/C20H23N3O4/c1-13(2)11-18(24)22-16-9-7-14(8-10-16)20(26)23-21-12-15-5-4-6-17(27-3)19(15)25/h4-10,12-13,25H,11H2,1-3H3,(H,22,24)(H,23,26). The summed E-state index contributed by atoms with van der Waals surface area (Å²) in [7, 11) is 1.45. The molecular weight excluding hydrogens is 346 g/mol. The van der Waals surface area contributed by atoms with Gasteiger partial charge in [-0.25, -0.2) is 5.43 Å². The number of phenolic OH excluding ortho intramolecular Hbond substituents is 1. The second-order valence-corrected chi connectivity index (χ2v) is 6.32. The van der Waals surface area contributed by atoms with Crippen LogP contribution in [0.5, 0.6) is 11.5 Å². The van der Waals surface area contributed by atoms with Crippen LogP contribution in [-0.2, 0) is 4.79 Å². The van der Waals surface area contributed by atoms with Crippen LogP contribution < -0.4 is 15.5 Å². The van der Waals surface area contributed by atoms with Gasteiger partial charge in [-0.3, -0.25) is 9.59 Å². The van der Waals surface area contributed by atoms with E-state index in [1.807, 2.05) is 13.8 Å². The molecule has 27 heavy (non-hydrogen) atoms. The quantitative estimate of drug-likeness (QED) is 0.515. The van der Waals surface area contributed by atoms with Crippen molar-refractivity contribution in [2.75, 3.05) is 12.4 Å². The van der Waals surface area contributed by atoms with E-state index in [4.69, 9.17) is 4.74 Å². The average Bonchev–Trinajstić information content (AvgIpc) is 2.63. The van der Waals surface area contributed by atoms with Crippen molar-refractivity contribution in [3.63, 3.8) is 0 Å². The van der Waals surface area contributed by atoms with E-state index in [-0.39, 0.29) is 17.6 Å². The number of phenols is 1. The normalized spacial score (nSPS) is 10.8. The highest BCUT2D eigenvalue weighted by Gasteiger charge is 2.08. The Hall–Kier alpha value is -3.35. The number of amides is 2. The van der Waals surface area contributed by atoms with Crippen molar-refractivity contribution in [3.05, 3.63) is 53.6 Å². The highest BCUT2D eigenvalue weighted by atomic mass is 16.5. The van der Waals surface area contributed by atoms with Gasteiger partial charge < -0.3 is 15.2 Å². The van der Waals surface area contributed by atoms with Gasteiger partial charge in [0.2, 0.25) is 5.91 Å². The molecule has 3 N–H and O–H groups in total. The van der Waals surface area contributed by atoms with Crippen LogP contribution in [-0.4, -0.2) is 30.2 Å². The maximum absolute atomic E-state index is 12.1. The summed E-state index contributed by atoms with van der Waals surface area (Å²) in [5.41, 5.74) is 3.82. The topological polar surface area (TPSA) is 100 Å². The average molecular weight is 369 g/mol. The van der Waals surface area contributed by atoms with Gasteiger partial charge >= 0.3 is 0 Å². The minimum Gasteiger partial charge on any atom is -0.504 e. The van der Waals surface area contributed by atoms with Crippen LogP contribution in [0.4, 0.5) is 5.69 Å². The molecule has 0 radical (unpaired) electrons. The Morgan fingerprint density at radius 2 is 1.89 bits per heavy atom. The van der Waals surface area contributed by atoms with Gasteiger partial charge in [0, 0.05) is 23.2 Å². The first-order valence-electron chi connectivity index (χ1n) is 8.50. The lowest BCUT2D eigenvalue weighted by Crippen LogP contribution is -2.18. The summed E-state index contributed by atoms with van der Waals surface area (Å²) in [6, 6.07) is 11.5. The Kier molecular flexibility index (Phi) is 6.93. The molecule has 0 aliphatic carbocycles. The molecule has 0 unspecified atom stereocenters. The van der Waals surface area contributed by atoms with Gasteiger partial charge in [-0.2, -0.15) is 5.10 Å². The zero-order valence-corrected chi connectivity index (χ0v) is 15.5. The van der Waals surface area contributed by atoms with Crippen molar-refractivity contribution >= 4 is 23.7 Å². The molecule has 0 aromatic heterocycles. The van der Waals surface area contributed by atoms with E-state index in [9.17, 15) is 14.7 Å². The Balaban J connectivity index is 1.95. The van der Waals surface area contributed by atoms with Gasteiger partial charge in [0.1, 0.15) is 0 Å². The van der Waals surface area contributed by atoms with Crippen molar-refractivity contribution in [2.24, 2.45) is 11.0 Å². The SMILES string of the molecule is COc1cccc(C=NNC(=O)c2ccc(NC(=O)CC(C)C)cc2)c1O. The molecule has 0 aliphatic rings. The van der Waals surface area contributed by atoms with Crippen molar-refractivity contribution < 1.29 is 19.4 Å². The first-order valence-corrected chi connectivity index (χ1v) is 8.50. The number of rotatable bonds is 7. The first kappa shape index (κ1) is 20.0. The molecule has 7 nitrogen and oxygen atoms in total. The predicted octanol–water partition coefficient (Wildman–Crippen LogP) is 3.15. The summed E-state index contributed by atoms with van der Waals surface area (Å²) in [6.45, 7) is 3.94. The summed E-state index contributed by atoms with van der Waals surface area (Å²) in [5.74, 6) is 0.0652. The van der Waals surface area contributed by atoms with Crippen LogP contribution in [0.25, 0.3) is 0 Å². The Morgan fingerprint density at radius 3 is 2.52 bits per heavy atom. The number of methoxy groups -OCH3 is 1. The molecule has 2 aromatic rings. The zero-order chi connectivity index (χ0) is 19.8. The number of carbonyl (C=O) groups is 2. The number of hydrazone groups is 1. The fraction of sp³-hybridized carbons (Fsp3) is 0.250. The lowest BCUT2D eigenvalue weighted by atomic mass is 10.1. The number of ether oxygens (including phenoxy) is 1. The van der Waals surface area contributed by atoms with E-state index in [2.05, 4.69) is 15.8 Å². The second-order valence-electron chi connectivity index (χ2n) is 6.32. The number of benzene rings is 2. The fourth-order valence-corrected chi connectivity index (χ4v) is 2.32. The van der Waals surface area contributed by atoms with E-state index in [1.54, 1.807) is 42.5 Å². The fourth-order valence-electron chi connectivity index (χ4n) is 2.32. The first-order chi connectivity index (χ1) is 12.9. The number of aromatic hydroxyl groups is 1. The number of hydrogen-bond acceptors (Lipinski definition) is 5. The lowest BCUT2D eigenvalue weighted by Gasteiger charge is -2.08. The third-order valence-electron chi connectivity index (χ3n) is 3.64. The third kappa shape index (κ3) is 5.85. The number of carbonyl (C=O) groups excluding carboxylic acids is 2. The van der Waals surface area contributed by atoms with Crippen molar-refractivity contribution in [1.29, 1.82) is 0 Å². The van der Waals surface area contributed by atoms with E-state index in [0.717, 1.165) is 0 Å². The molecule has 0 spiro atoms. The van der Waals surface area contributed by atoms with Gasteiger partial charge in [-0.05, 0) is 42.3 Å². The molecule has 2 aromatic carbocycles. The van der Waals surface area contributed by atoms with Crippen LogP contribution in [0, 0.1) is 5.92 Å². The Morgan fingerprint density at radius 1 is 1.19 bits per heavy atom. The van der Waals surface area contributed by atoms with Gasteiger partial charge in [0.05, 0.1) is 13.3 Å². The predicted molar refractivity (Wildman–Crippen MR) is 104 cm³/mol. The van der Waals surface area contributed by atoms with Gasteiger partial charge in [-0.1, -0.05) is 19.9 Å². The molecule has 7 heteroatoms. The number of anilines is 1. The van der Waals surface area contributed by atoms with Crippen molar-refractivity contribution in [2.45, 2.75) is 20.3 Å². The maximum Gasteiger partial charge on any atom is 0.271 e. The molecule has 0 bridgehead atoms. The number of hydrogen-bond donors (Lipinski definition) is 3. The molecule has 0 saturated carbocycles. The van der Waals surface area contributed by atoms with Crippen molar-refractivity contribution in [1.82, 2.24) is 5.43 Å². The van der Waals surface area contributed by atoms with Gasteiger partial charge in [0.15, 0.2) is 11.5 Å². The van der Waals surface area contributed by atoms with Gasteiger partial charge in [0.25, 0.3) is 5.91 Å². The monoisotopic (exact) mass is 369 g/mol. The Labute approximate surface area is 158 Å². The molecule has 0 saturated heterocycles. The van der Waals surface area contributed by atoms with E-state index in [1.165, 1.54) is 13.3 Å². The molecular formula is C20H23N3O4. The summed E-state index contributed by atoms with van der Waals surface area (Å²) in [5, 5.41) is 16.6. The van der Waals surface area contributed by atoms with E-state index >= 15 is 0 Å². The molecule has 0 heterocycles. The Bertz CT molecular complexity index is 830. The van der Waals surface area contributed by atoms with Gasteiger partial charge in [-0.15, -0.1) is 0 Å². The van der Waals surface area contributed by atoms with Crippen LogP contribution in [0.3, 0.4) is 0 Å². The van der Waals surface area contributed by atoms with Crippen LogP contribution in [0.1, 0.15) is 36.2 Å². The number of nitrogens with one attached hydrogen (secondary N) is 2. The zero-order valence-electron chi connectivity index (χ0n) is 15.5.